The number of hydrogen-bond donors (Lipinski definition) is 2. The number of carboxylic acid groups (broad SMARTS) is 1. The van der Waals surface area contributed by atoms with E-state index in [0.29, 0.717) is 12.5 Å². The average Bonchev–Trinajstić information content (AvgIpc) is 2.74. The lowest BCUT2D eigenvalue weighted by Gasteiger charge is -2.15. The summed E-state index contributed by atoms with van der Waals surface area (Å²) >= 11 is 0. The van der Waals surface area contributed by atoms with E-state index in [1.165, 1.54) is 0 Å². The number of rotatable bonds is 15. The van der Waals surface area contributed by atoms with Gasteiger partial charge in [0.25, 0.3) is 0 Å². The van der Waals surface area contributed by atoms with Gasteiger partial charge >= 0.3 is 6.16 Å². The van der Waals surface area contributed by atoms with E-state index in [1.54, 1.807) is 20.8 Å². The molecule has 0 aromatic carbocycles. The lowest BCUT2D eigenvalue weighted by atomic mass is 10.0. The number of carbonyl (C=O) groups is 1. The first-order valence-electron chi connectivity index (χ1n) is 12.2. The molecule has 0 rings (SSSR count). The van der Waals surface area contributed by atoms with Gasteiger partial charge in [-0.15, -0.1) is 0 Å². The molecule has 0 saturated carbocycles. The highest BCUT2D eigenvalue weighted by Gasteiger charge is 2.13. The van der Waals surface area contributed by atoms with Crippen molar-refractivity contribution in [1.82, 2.24) is 0 Å². The van der Waals surface area contributed by atoms with Crippen molar-refractivity contribution in [2.24, 2.45) is 5.92 Å². The van der Waals surface area contributed by atoms with E-state index in [0.717, 1.165) is 51.4 Å². The van der Waals surface area contributed by atoms with Crippen LogP contribution < -0.4 is 0 Å². The summed E-state index contributed by atoms with van der Waals surface area (Å²) in [5.74, 6) is 0.421. The molecule has 1 atom stereocenters. The van der Waals surface area contributed by atoms with Crippen LogP contribution in [-0.2, 0) is 4.74 Å². The van der Waals surface area contributed by atoms with Gasteiger partial charge in [-0.05, 0) is 71.6 Å². The number of aliphatic hydroxyl groups is 1. The van der Waals surface area contributed by atoms with Crippen molar-refractivity contribution >= 4 is 6.16 Å². The first kappa shape index (κ1) is 32.8. The minimum Gasteiger partial charge on any atom is -0.450 e. The standard InChI is InChI=1S/C24H38O.C5H10O3/c1-3-5-6-7-8-9-10-11-12-13-14-15-16-17-18-19-20-21-22-24(4-2)23-25;1-5(2,3)8-4(6)7/h5-6,8-9,11-12,14-15,17-18,20-21,24-25H,3-4,7,10,13,16,19,22-23H2,1-2H3;1-3H3,(H,6,7)/b6-5-,9-8-,12-11-,15-14-,18-17-,21-20-;. The van der Waals surface area contributed by atoms with Crippen LogP contribution in [0.25, 0.3) is 0 Å². The van der Waals surface area contributed by atoms with E-state index in [9.17, 15) is 4.79 Å². The second-order valence-electron chi connectivity index (χ2n) is 8.59. The van der Waals surface area contributed by atoms with Crippen molar-refractivity contribution < 1.29 is 19.7 Å². The Morgan fingerprint density at radius 1 is 0.727 bits per heavy atom. The maximum atomic E-state index is 9.79. The highest BCUT2D eigenvalue weighted by Crippen LogP contribution is 2.08. The van der Waals surface area contributed by atoms with Gasteiger partial charge in [0.05, 0.1) is 0 Å². The Balaban J connectivity index is 0. The molecule has 33 heavy (non-hydrogen) atoms. The topological polar surface area (TPSA) is 66.8 Å². The van der Waals surface area contributed by atoms with E-state index in [2.05, 4.69) is 91.5 Å². The molecule has 0 fully saturated rings. The first-order valence-corrected chi connectivity index (χ1v) is 12.2. The molecule has 0 saturated heterocycles. The molecule has 0 aliphatic carbocycles. The minimum absolute atomic E-state index is 0.294. The summed E-state index contributed by atoms with van der Waals surface area (Å²) < 4.78 is 4.35. The Labute approximate surface area is 203 Å². The molecule has 0 radical (unpaired) electrons. The molecular formula is C29H48O4. The second-order valence-corrected chi connectivity index (χ2v) is 8.59. The molecule has 0 aromatic heterocycles. The Morgan fingerprint density at radius 2 is 1.09 bits per heavy atom. The lowest BCUT2D eigenvalue weighted by molar-refractivity contribution is 0.0150. The zero-order valence-electron chi connectivity index (χ0n) is 21.6. The molecule has 1 unspecified atom stereocenters. The largest absolute Gasteiger partial charge is 0.506 e. The fraction of sp³-hybridized carbons (Fsp3) is 0.552. The molecule has 4 heteroatoms. The van der Waals surface area contributed by atoms with Gasteiger partial charge in [-0.3, -0.25) is 0 Å². The monoisotopic (exact) mass is 460 g/mol. The van der Waals surface area contributed by atoms with E-state index >= 15 is 0 Å². The molecule has 0 heterocycles. The molecule has 2 N–H and O–H groups in total. The molecular weight excluding hydrogens is 412 g/mol. The summed E-state index contributed by atoms with van der Waals surface area (Å²) in [6.07, 6.45) is 33.5. The van der Waals surface area contributed by atoms with E-state index in [4.69, 9.17) is 10.2 Å². The Kier molecular flexibility index (Phi) is 24.2. The second kappa shape index (κ2) is 24.3. The Morgan fingerprint density at radius 3 is 1.33 bits per heavy atom. The van der Waals surface area contributed by atoms with Gasteiger partial charge in [0.15, 0.2) is 0 Å². The SMILES string of the molecule is CC(C)(C)OC(=O)O.CC/C=C\C/C=C\C/C=C\C/C=C\C/C=C\C/C=C\CC(CC)CO. The number of hydrogen-bond acceptors (Lipinski definition) is 3. The van der Waals surface area contributed by atoms with Gasteiger partial charge in [-0.25, -0.2) is 4.79 Å². The average molecular weight is 461 g/mol. The summed E-state index contributed by atoms with van der Waals surface area (Å²) in [6.45, 7) is 9.62. The third-order valence-corrected chi connectivity index (χ3v) is 4.29. The maximum absolute atomic E-state index is 9.79. The highest BCUT2D eigenvalue weighted by atomic mass is 16.7. The highest BCUT2D eigenvalue weighted by molar-refractivity contribution is 5.57. The van der Waals surface area contributed by atoms with Gasteiger partial charge in [0.1, 0.15) is 5.60 Å². The van der Waals surface area contributed by atoms with Crippen LogP contribution in [0, 0.1) is 5.92 Å². The molecule has 0 bridgehead atoms. The third-order valence-electron chi connectivity index (χ3n) is 4.29. The fourth-order valence-electron chi connectivity index (χ4n) is 2.44. The summed E-state index contributed by atoms with van der Waals surface area (Å²) in [7, 11) is 0. The number of aliphatic hydroxyl groups excluding tert-OH is 1. The normalized spacial score (nSPS) is 13.6. The van der Waals surface area contributed by atoms with Crippen LogP contribution in [0.4, 0.5) is 4.79 Å². The predicted molar refractivity (Wildman–Crippen MR) is 143 cm³/mol. The van der Waals surface area contributed by atoms with E-state index in [1.807, 2.05) is 0 Å². The molecule has 188 valence electrons. The fourth-order valence-corrected chi connectivity index (χ4v) is 2.44. The van der Waals surface area contributed by atoms with Crippen LogP contribution >= 0.6 is 0 Å². The van der Waals surface area contributed by atoms with Crippen molar-refractivity contribution in [3.8, 4) is 0 Å². The molecule has 0 aliphatic heterocycles. The van der Waals surface area contributed by atoms with Crippen LogP contribution in [-0.4, -0.2) is 28.6 Å². The minimum atomic E-state index is -1.22. The zero-order chi connectivity index (χ0) is 25.2. The van der Waals surface area contributed by atoms with Gasteiger partial charge in [-0.1, -0.05) is 93.2 Å². The van der Waals surface area contributed by atoms with Crippen LogP contribution in [0.3, 0.4) is 0 Å². The van der Waals surface area contributed by atoms with E-state index in [-0.39, 0.29) is 0 Å². The number of allylic oxidation sites excluding steroid dienone is 12. The van der Waals surface area contributed by atoms with Crippen molar-refractivity contribution in [1.29, 1.82) is 0 Å². The quantitative estimate of drug-likeness (QED) is 0.190. The van der Waals surface area contributed by atoms with Gasteiger partial charge in [0.2, 0.25) is 0 Å². The van der Waals surface area contributed by atoms with E-state index < -0.39 is 11.8 Å². The third kappa shape index (κ3) is 31.9. The Bertz CT molecular complexity index is 612. The maximum Gasteiger partial charge on any atom is 0.506 e. The first-order chi connectivity index (χ1) is 15.8. The van der Waals surface area contributed by atoms with Gasteiger partial charge in [-0.2, -0.15) is 0 Å². The predicted octanol–water partition coefficient (Wildman–Crippen LogP) is 8.57. The summed E-state index contributed by atoms with van der Waals surface area (Å²) in [5.41, 5.74) is -0.578. The van der Waals surface area contributed by atoms with Crippen LogP contribution in [0.15, 0.2) is 72.9 Å². The van der Waals surface area contributed by atoms with Crippen LogP contribution in [0.2, 0.25) is 0 Å². The molecule has 0 aliphatic rings. The molecule has 0 amide bonds. The Hall–Kier alpha value is -2.33. The lowest BCUT2D eigenvalue weighted by Crippen LogP contribution is -2.22. The van der Waals surface area contributed by atoms with Crippen molar-refractivity contribution in [2.45, 2.75) is 91.6 Å². The van der Waals surface area contributed by atoms with Crippen LogP contribution in [0.1, 0.15) is 86.0 Å². The zero-order valence-corrected chi connectivity index (χ0v) is 21.6. The number of ether oxygens (including phenoxy) is 1. The van der Waals surface area contributed by atoms with Gasteiger partial charge in [0, 0.05) is 6.61 Å². The smallest absolute Gasteiger partial charge is 0.450 e. The molecule has 0 spiro atoms. The summed E-state index contributed by atoms with van der Waals surface area (Å²) in [6, 6.07) is 0. The summed E-state index contributed by atoms with van der Waals surface area (Å²) in [4.78, 5) is 9.79. The molecule has 0 aromatic rings. The van der Waals surface area contributed by atoms with Crippen molar-refractivity contribution in [3.63, 3.8) is 0 Å². The van der Waals surface area contributed by atoms with Crippen molar-refractivity contribution in [2.75, 3.05) is 6.61 Å². The van der Waals surface area contributed by atoms with Crippen molar-refractivity contribution in [3.05, 3.63) is 72.9 Å². The summed E-state index contributed by atoms with van der Waals surface area (Å²) in [5, 5.41) is 17.1. The molecule has 4 nitrogen and oxygen atoms in total. The van der Waals surface area contributed by atoms with Gasteiger partial charge < -0.3 is 14.9 Å². The van der Waals surface area contributed by atoms with Crippen LogP contribution in [0.5, 0.6) is 0 Å².